The van der Waals surface area contributed by atoms with Crippen molar-refractivity contribution in [1.29, 1.82) is 0 Å². The van der Waals surface area contributed by atoms with Crippen molar-refractivity contribution in [2.24, 2.45) is 0 Å². The van der Waals surface area contributed by atoms with Crippen LogP contribution in [-0.4, -0.2) is 44.8 Å². The lowest BCUT2D eigenvalue weighted by atomic mass is 9.99. The lowest BCUT2D eigenvalue weighted by molar-refractivity contribution is -0.615. The van der Waals surface area contributed by atoms with Crippen LogP contribution >= 0.6 is 11.6 Å². The molecule has 12 heteroatoms. The van der Waals surface area contributed by atoms with Crippen LogP contribution in [0.5, 0.6) is 0 Å². The van der Waals surface area contributed by atoms with Gasteiger partial charge in [0.1, 0.15) is 5.82 Å². The second-order valence-corrected chi connectivity index (χ2v) is 9.75. The van der Waals surface area contributed by atoms with Gasteiger partial charge < -0.3 is 15.2 Å². The Kier molecular flexibility index (Phi) is 7.49. The Labute approximate surface area is 231 Å². The van der Waals surface area contributed by atoms with Crippen LogP contribution in [0.3, 0.4) is 0 Å². The van der Waals surface area contributed by atoms with E-state index in [0.29, 0.717) is 35.2 Å². The fraction of sp³-hybridized carbons (Fsp3) is 0.214. The predicted molar refractivity (Wildman–Crippen MR) is 139 cm³/mol. The zero-order valence-corrected chi connectivity index (χ0v) is 21.6. The number of carbonyl (C=O) groups is 2. The van der Waals surface area contributed by atoms with Crippen LogP contribution in [0.25, 0.3) is 22.3 Å². The summed E-state index contributed by atoms with van der Waals surface area (Å²) < 4.78 is 44.1. The third-order valence-electron chi connectivity index (χ3n) is 6.89. The van der Waals surface area contributed by atoms with Crippen molar-refractivity contribution in [3.63, 3.8) is 0 Å². The van der Waals surface area contributed by atoms with Gasteiger partial charge in [-0.1, -0.05) is 29.8 Å². The monoisotopic (exact) mass is 570 g/mol. The van der Waals surface area contributed by atoms with Crippen molar-refractivity contribution in [3.8, 4) is 22.3 Å². The summed E-state index contributed by atoms with van der Waals surface area (Å²) in [4.78, 5) is 25.2. The van der Waals surface area contributed by atoms with E-state index in [1.807, 2.05) is 0 Å². The molecule has 2 aromatic carbocycles. The highest BCUT2D eigenvalue weighted by molar-refractivity contribution is 6.31. The molecule has 1 amide bonds. The molecule has 1 atom stereocenters. The molecule has 0 spiro atoms. The van der Waals surface area contributed by atoms with Gasteiger partial charge in [0, 0.05) is 41.9 Å². The van der Waals surface area contributed by atoms with Gasteiger partial charge in [0.25, 0.3) is 6.43 Å². The van der Waals surface area contributed by atoms with E-state index in [0.717, 1.165) is 18.3 Å². The minimum Gasteiger partial charge on any atom is -0.618 e. The molecule has 1 N–H and O–H groups in total. The van der Waals surface area contributed by atoms with E-state index in [1.54, 1.807) is 29.4 Å². The fourth-order valence-corrected chi connectivity index (χ4v) is 4.98. The van der Waals surface area contributed by atoms with Gasteiger partial charge in [0.2, 0.25) is 11.6 Å². The van der Waals surface area contributed by atoms with E-state index < -0.39 is 35.4 Å². The van der Waals surface area contributed by atoms with Gasteiger partial charge in [-0.15, -0.1) is 0 Å². The highest BCUT2D eigenvalue weighted by atomic mass is 35.5. The summed E-state index contributed by atoms with van der Waals surface area (Å²) in [7, 11) is 0. The number of benzene rings is 2. The van der Waals surface area contributed by atoms with E-state index in [-0.39, 0.29) is 34.3 Å². The zero-order valence-electron chi connectivity index (χ0n) is 20.8. The molecule has 8 nitrogen and oxygen atoms in total. The Morgan fingerprint density at radius 1 is 1.10 bits per heavy atom. The third-order valence-corrected chi connectivity index (χ3v) is 7.18. The third kappa shape index (κ3) is 5.24. The van der Waals surface area contributed by atoms with Gasteiger partial charge in [0.05, 0.1) is 28.9 Å². The van der Waals surface area contributed by atoms with E-state index in [1.165, 1.54) is 28.9 Å². The molecule has 0 radical (unpaired) electrons. The number of hydrogen-bond donors (Lipinski definition) is 1. The maximum atomic E-state index is 14.8. The first kappa shape index (κ1) is 27.2. The molecular weight excluding hydrogens is 549 g/mol. The predicted octanol–water partition coefficient (Wildman–Crippen LogP) is 5.49. The Bertz CT molecular complexity index is 1590. The van der Waals surface area contributed by atoms with Crippen LogP contribution < -0.4 is 4.73 Å². The molecular formula is C28H22ClF3N4O4. The first-order chi connectivity index (χ1) is 19.1. The van der Waals surface area contributed by atoms with Crippen molar-refractivity contribution in [3.05, 3.63) is 100.0 Å². The topological polar surface area (TPSA) is 102 Å². The second-order valence-electron chi connectivity index (χ2n) is 9.35. The maximum Gasteiger partial charge on any atom is 0.335 e. The fourth-order valence-electron chi connectivity index (χ4n) is 4.82. The number of amides is 1. The number of likely N-dealkylation sites (tertiary alicyclic amines) is 1. The summed E-state index contributed by atoms with van der Waals surface area (Å²) >= 11 is 5.84. The average molecular weight is 571 g/mol. The number of aromatic nitrogens is 3. The minimum absolute atomic E-state index is 0.0710. The standard InChI is InChI=1S/C28H22ClF3N4O4/c29-21-9-8-20(27(31)32)25(26(21)30)18-7-10-22(36(40)14-18)23(15-34-11-1-2-24(34)37)35-13-19(12-33-35)16-3-5-17(6-4-16)28(38)39/h3-10,12-14,23,27H,1-2,11,15H2,(H,38,39)/t23-/m0/s1. The van der Waals surface area contributed by atoms with E-state index in [9.17, 15) is 28.0 Å². The molecule has 0 aliphatic carbocycles. The van der Waals surface area contributed by atoms with Gasteiger partial charge in [-0.05, 0) is 36.2 Å². The Hall–Kier alpha value is -4.38. The molecule has 1 aliphatic heterocycles. The Morgan fingerprint density at radius 2 is 1.82 bits per heavy atom. The number of carbonyl (C=O) groups excluding carboxylic acids is 1. The molecule has 40 heavy (non-hydrogen) atoms. The van der Waals surface area contributed by atoms with Crippen molar-refractivity contribution in [2.45, 2.75) is 25.3 Å². The first-order valence-corrected chi connectivity index (χ1v) is 12.7. The number of halogens is 4. The largest absolute Gasteiger partial charge is 0.618 e. The number of hydrogen-bond acceptors (Lipinski definition) is 4. The van der Waals surface area contributed by atoms with Crippen LogP contribution in [0.1, 0.15) is 46.9 Å². The molecule has 5 rings (SSSR count). The zero-order chi connectivity index (χ0) is 28.6. The molecule has 0 bridgehead atoms. The van der Waals surface area contributed by atoms with Gasteiger partial charge in [-0.3, -0.25) is 9.48 Å². The van der Waals surface area contributed by atoms with Crippen molar-refractivity contribution >= 4 is 23.5 Å². The number of nitrogens with zero attached hydrogens (tertiary/aromatic N) is 4. The van der Waals surface area contributed by atoms with Crippen molar-refractivity contribution < 1.29 is 32.6 Å². The van der Waals surface area contributed by atoms with Crippen molar-refractivity contribution in [1.82, 2.24) is 14.7 Å². The molecule has 206 valence electrons. The normalized spacial score (nSPS) is 14.2. The number of carboxylic acids is 1. The van der Waals surface area contributed by atoms with Crippen LogP contribution in [0, 0.1) is 11.0 Å². The van der Waals surface area contributed by atoms with Crippen LogP contribution in [0.4, 0.5) is 13.2 Å². The van der Waals surface area contributed by atoms with Gasteiger partial charge in [-0.25, -0.2) is 18.0 Å². The summed E-state index contributed by atoms with van der Waals surface area (Å²) in [5.74, 6) is -2.19. The average Bonchev–Trinajstić information content (AvgIpc) is 3.58. The summed E-state index contributed by atoms with van der Waals surface area (Å²) in [6.45, 7) is 0.621. The van der Waals surface area contributed by atoms with Crippen LogP contribution in [-0.2, 0) is 4.79 Å². The number of carboxylic acid groups (broad SMARTS) is 1. The Balaban J connectivity index is 1.54. The molecule has 1 saturated heterocycles. The molecule has 4 aromatic rings. The van der Waals surface area contributed by atoms with E-state index >= 15 is 0 Å². The van der Waals surface area contributed by atoms with E-state index in [2.05, 4.69) is 5.10 Å². The molecule has 0 unspecified atom stereocenters. The lowest BCUT2D eigenvalue weighted by Crippen LogP contribution is -2.40. The highest BCUT2D eigenvalue weighted by Gasteiger charge is 2.31. The SMILES string of the molecule is O=C(O)c1ccc(-c2cnn([C@@H](CN3CCCC3=O)c3ccc(-c4c(C(F)F)ccc(Cl)c4F)c[n+]3[O-])c2)cc1. The van der Waals surface area contributed by atoms with Crippen LogP contribution in [0.15, 0.2) is 67.1 Å². The highest BCUT2D eigenvalue weighted by Crippen LogP contribution is 2.36. The second kappa shape index (κ2) is 11.0. The number of alkyl halides is 2. The van der Waals surface area contributed by atoms with Gasteiger partial charge in [0.15, 0.2) is 12.2 Å². The van der Waals surface area contributed by atoms with Crippen LogP contribution in [0.2, 0.25) is 5.02 Å². The summed E-state index contributed by atoms with van der Waals surface area (Å²) in [6.07, 6.45) is 2.28. The molecule has 0 saturated carbocycles. The van der Waals surface area contributed by atoms with Crippen molar-refractivity contribution in [2.75, 3.05) is 13.1 Å². The smallest absolute Gasteiger partial charge is 0.335 e. The summed E-state index contributed by atoms with van der Waals surface area (Å²) in [6, 6.07) is 10.2. The number of aromatic carboxylic acids is 1. The van der Waals surface area contributed by atoms with E-state index in [4.69, 9.17) is 16.7 Å². The molecule has 1 fully saturated rings. The summed E-state index contributed by atoms with van der Waals surface area (Å²) in [5.41, 5.74) is 0.473. The van der Waals surface area contributed by atoms with Gasteiger partial charge in [-0.2, -0.15) is 9.83 Å². The lowest BCUT2D eigenvalue weighted by Gasteiger charge is -2.23. The quantitative estimate of drug-likeness (QED) is 0.223. The molecule has 3 heterocycles. The summed E-state index contributed by atoms with van der Waals surface area (Å²) in [5, 5.41) is 26.5. The Morgan fingerprint density at radius 3 is 2.45 bits per heavy atom. The minimum atomic E-state index is -3.00. The molecule has 1 aliphatic rings. The number of rotatable bonds is 8. The number of pyridine rings is 1. The van der Waals surface area contributed by atoms with Gasteiger partial charge >= 0.3 is 5.97 Å². The first-order valence-electron chi connectivity index (χ1n) is 12.3. The molecule has 2 aromatic heterocycles. The maximum absolute atomic E-state index is 14.8.